The topological polar surface area (TPSA) is 80.3 Å². The van der Waals surface area contributed by atoms with Gasteiger partial charge in [0.1, 0.15) is 16.9 Å². The number of hydrogen-bond donors (Lipinski definition) is 1. The molecule has 0 aliphatic carbocycles. The Bertz CT molecular complexity index is 1100. The van der Waals surface area contributed by atoms with Gasteiger partial charge in [0.2, 0.25) is 10.0 Å². The van der Waals surface area contributed by atoms with Crippen LogP contribution in [-0.4, -0.2) is 33.9 Å². The van der Waals surface area contributed by atoms with Crippen LogP contribution >= 0.6 is 0 Å². The average molecular weight is 444 g/mol. The molecule has 1 aliphatic rings. The third-order valence-electron chi connectivity index (χ3n) is 5.11. The zero-order valence-corrected chi connectivity index (χ0v) is 17.7. The normalized spacial score (nSPS) is 22.0. The van der Waals surface area contributed by atoms with Crippen LogP contribution in [-0.2, 0) is 19.9 Å². The lowest BCUT2D eigenvalue weighted by Gasteiger charge is -2.32. The second kappa shape index (κ2) is 8.12. The van der Waals surface area contributed by atoms with Crippen molar-refractivity contribution in [3.8, 4) is 11.1 Å². The quantitative estimate of drug-likeness (QED) is 0.766. The third-order valence-corrected chi connectivity index (χ3v) is 9.22. The van der Waals surface area contributed by atoms with Crippen molar-refractivity contribution in [1.29, 1.82) is 0 Å². The molecule has 5 nitrogen and oxygen atoms in total. The summed E-state index contributed by atoms with van der Waals surface area (Å²) in [6.45, 7) is 3.06. The molecular weight excluding hydrogens is 420 g/mol. The highest BCUT2D eigenvalue weighted by atomic mass is 32.2. The van der Waals surface area contributed by atoms with E-state index in [9.17, 15) is 25.6 Å². The van der Waals surface area contributed by atoms with Crippen molar-refractivity contribution in [1.82, 2.24) is 4.72 Å². The van der Waals surface area contributed by atoms with Gasteiger partial charge in [0.05, 0.1) is 11.0 Å². The highest BCUT2D eigenvalue weighted by molar-refractivity contribution is 7.92. The lowest BCUT2D eigenvalue weighted by atomic mass is 9.98. The molecule has 1 fully saturated rings. The van der Waals surface area contributed by atoms with Crippen molar-refractivity contribution in [2.75, 3.05) is 5.75 Å². The minimum atomic E-state index is -3.65. The van der Waals surface area contributed by atoms with Crippen LogP contribution in [0, 0.1) is 11.6 Å². The van der Waals surface area contributed by atoms with Crippen LogP contribution in [0.3, 0.4) is 0 Å². The number of rotatable bonds is 5. The Hall–Kier alpha value is -1.84. The summed E-state index contributed by atoms with van der Waals surface area (Å²) in [5, 5.41) is -1.70. The van der Waals surface area contributed by atoms with Crippen LogP contribution in [0.2, 0.25) is 0 Å². The maximum atomic E-state index is 14.0. The van der Waals surface area contributed by atoms with Gasteiger partial charge in [-0.1, -0.05) is 24.3 Å². The van der Waals surface area contributed by atoms with Gasteiger partial charge in [-0.2, -0.15) is 0 Å². The van der Waals surface area contributed by atoms with Crippen molar-refractivity contribution >= 4 is 19.9 Å². The van der Waals surface area contributed by atoms with E-state index in [-0.39, 0.29) is 11.3 Å². The van der Waals surface area contributed by atoms with Crippen LogP contribution < -0.4 is 4.72 Å². The molecule has 158 valence electrons. The van der Waals surface area contributed by atoms with E-state index in [1.165, 1.54) is 19.9 Å². The molecule has 2 aromatic carbocycles. The zero-order valence-electron chi connectivity index (χ0n) is 16.1. The van der Waals surface area contributed by atoms with Gasteiger partial charge in [-0.3, -0.25) is 0 Å². The summed E-state index contributed by atoms with van der Waals surface area (Å²) >= 11 is 0. The second-order valence-corrected chi connectivity index (χ2v) is 12.0. The van der Waals surface area contributed by atoms with Crippen molar-refractivity contribution in [3.63, 3.8) is 0 Å². The number of sulfonamides is 1. The first-order valence-corrected chi connectivity index (χ1v) is 12.6. The fraction of sp³-hybridized carbons (Fsp3) is 0.400. The Kier molecular flexibility index (Phi) is 6.12. The van der Waals surface area contributed by atoms with Crippen LogP contribution in [0.25, 0.3) is 11.1 Å². The maximum Gasteiger partial charge on any atom is 0.214 e. The van der Waals surface area contributed by atoms with Gasteiger partial charge in [-0.05, 0) is 49.9 Å². The summed E-state index contributed by atoms with van der Waals surface area (Å²) in [5.41, 5.74) is 1.10. The van der Waals surface area contributed by atoms with Gasteiger partial charge in [-0.25, -0.2) is 30.3 Å². The van der Waals surface area contributed by atoms with E-state index in [0.717, 1.165) is 12.1 Å². The molecular formula is C20H23F2NO4S2. The summed E-state index contributed by atoms with van der Waals surface area (Å²) in [5.74, 6) is -1.42. The molecule has 0 spiro atoms. The van der Waals surface area contributed by atoms with Crippen molar-refractivity contribution in [2.45, 2.75) is 43.2 Å². The molecule has 0 aromatic heterocycles. The Morgan fingerprint density at radius 2 is 1.72 bits per heavy atom. The molecule has 1 aliphatic heterocycles. The minimum absolute atomic E-state index is 0.0219. The number of nitrogens with one attached hydrogen (secondary N) is 1. The van der Waals surface area contributed by atoms with E-state index in [1.54, 1.807) is 24.3 Å². The summed E-state index contributed by atoms with van der Waals surface area (Å²) in [7, 11) is -7.22. The number of hydrogen-bond acceptors (Lipinski definition) is 4. The molecule has 1 N–H and O–H groups in total. The fourth-order valence-electron chi connectivity index (χ4n) is 3.52. The molecule has 0 radical (unpaired) electrons. The first-order valence-electron chi connectivity index (χ1n) is 9.29. The van der Waals surface area contributed by atoms with Gasteiger partial charge in [0.25, 0.3) is 0 Å². The minimum Gasteiger partial charge on any atom is -0.228 e. The van der Waals surface area contributed by atoms with Gasteiger partial charge in [-0.15, -0.1) is 0 Å². The SMILES string of the molecule is CC(C)S(=O)(=O)NC1CCCS(=O)(=O)C1c1ccc(-c2ccc(F)cc2F)cc1. The molecule has 2 atom stereocenters. The Morgan fingerprint density at radius 3 is 2.31 bits per heavy atom. The van der Waals surface area contributed by atoms with Crippen LogP contribution in [0.5, 0.6) is 0 Å². The molecule has 29 heavy (non-hydrogen) atoms. The molecule has 1 saturated heterocycles. The lowest BCUT2D eigenvalue weighted by molar-refractivity contribution is 0.469. The standard InChI is InChI=1S/C20H23F2NO4S2/c1-13(2)29(26,27)23-19-4-3-11-28(24,25)20(19)15-7-5-14(6-8-15)17-10-9-16(21)12-18(17)22/h5-10,12-13,19-20,23H,3-4,11H2,1-2H3. The van der Waals surface area contributed by atoms with Crippen LogP contribution in [0.15, 0.2) is 42.5 Å². The highest BCUT2D eigenvalue weighted by Crippen LogP contribution is 2.35. The summed E-state index contributed by atoms with van der Waals surface area (Å²) in [4.78, 5) is 0. The zero-order chi connectivity index (χ0) is 21.4. The lowest BCUT2D eigenvalue weighted by Crippen LogP contribution is -2.47. The van der Waals surface area contributed by atoms with Crippen molar-refractivity contribution < 1.29 is 25.6 Å². The molecule has 0 bridgehead atoms. The third kappa shape index (κ3) is 4.67. The van der Waals surface area contributed by atoms with Crippen LogP contribution in [0.4, 0.5) is 8.78 Å². The maximum absolute atomic E-state index is 14.0. The predicted molar refractivity (Wildman–Crippen MR) is 109 cm³/mol. The Morgan fingerprint density at radius 1 is 1.07 bits per heavy atom. The second-order valence-electron chi connectivity index (χ2n) is 7.49. The molecule has 2 unspecified atom stereocenters. The molecule has 0 saturated carbocycles. The number of sulfone groups is 1. The van der Waals surface area contributed by atoms with Gasteiger partial charge < -0.3 is 0 Å². The van der Waals surface area contributed by atoms with Crippen molar-refractivity contribution in [3.05, 3.63) is 59.7 Å². The highest BCUT2D eigenvalue weighted by Gasteiger charge is 2.40. The first-order chi connectivity index (χ1) is 13.5. The smallest absolute Gasteiger partial charge is 0.214 e. The summed E-state index contributed by atoms with van der Waals surface area (Å²) in [6, 6.07) is 8.71. The molecule has 0 amide bonds. The predicted octanol–water partition coefficient (Wildman–Crippen LogP) is 3.58. The van der Waals surface area contributed by atoms with Crippen molar-refractivity contribution in [2.24, 2.45) is 0 Å². The fourth-order valence-corrected chi connectivity index (χ4v) is 6.65. The van der Waals surface area contributed by atoms with Gasteiger partial charge >= 0.3 is 0 Å². The van der Waals surface area contributed by atoms with Gasteiger partial charge in [0.15, 0.2) is 9.84 Å². The van der Waals surface area contributed by atoms with Crippen LogP contribution in [0.1, 0.15) is 37.5 Å². The molecule has 2 aromatic rings. The van der Waals surface area contributed by atoms with E-state index in [4.69, 9.17) is 0 Å². The average Bonchev–Trinajstić information content (AvgIpc) is 2.61. The summed E-state index contributed by atoms with van der Waals surface area (Å²) in [6.07, 6.45) is 0.785. The molecule has 9 heteroatoms. The monoisotopic (exact) mass is 443 g/mol. The van der Waals surface area contributed by atoms with E-state index < -0.39 is 48.0 Å². The summed E-state index contributed by atoms with van der Waals surface area (Å²) < 4.78 is 79.8. The Labute approximate surface area is 170 Å². The number of halogens is 2. The van der Waals surface area contributed by atoms with Gasteiger partial charge in [0, 0.05) is 17.7 Å². The van der Waals surface area contributed by atoms with E-state index in [1.807, 2.05) is 0 Å². The van der Waals surface area contributed by atoms with E-state index in [0.29, 0.717) is 24.0 Å². The van der Waals surface area contributed by atoms with E-state index in [2.05, 4.69) is 4.72 Å². The largest absolute Gasteiger partial charge is 0.228 e. The molecule has 3 rings (SSSR count). The first kappa shape index (κ1) is 21.9. The Balaban J connectivity index is 1.97. The molecule has 1 heterocycles. The number of benzene rings is 2. The van der Waals surface area contributed by atoms with E-state index >= 15 is 0 Å².